The van der Waals surface area contributed by atoms with Gasteiger partial charge in [0.1, 0.15) is 12.4 Å². The molecule has 1 aliphatic rings. The summed E-state index contributed by atoms with van der Waals surface area (Å²) in [6.45, 7) is 3.83. The van der Waals surface area contributed by atoms with E-state index in [0.717, 1.165) is 19.6 Å². The highest BCUT2D eigenvalue weighted by atomic mass is 16.5. The van der Waals surface area contributed by atoms with E-state index >= 15 is 0 Å². The van der Waals surface area contributed by atoms with Crippen LogP contribution in [0.4, 0.5) is 0 Å². The van der Waals surface area contributed by atoms with Gasteiger partial charge < -0.3 is 9.84 Å². The monoisotopic (exact) mass is 263 g/mol. The maximum Gasteiger partial charge on any atom is 0.335 e. The number of benzene rings is 1. The van der Waals surface area contributed by atoms with E-state index in [1.807, 2.05) is 0 Å². The zero-order valence-electron chi connectivity index (χ0n) is 11.2. The number of carboxylic acid groups (broad SMARTS) is 1. The van der Waals surface area contributed by atoms with Crippen LogP contribution in [0, 0.1) is 0 Å². The predicted octanol–water partition coefficient (Wildman–Crippen LogP) is 2.64. The van der Waals surface area contributed by atoms with Crippen molar-refractivity contribution < 1.29 is 14.6 Å². The molecule has 1 fully saturated rings. The van der Waals surface area contributed by atoms with Gasteiger partial charge in [0, 0.05) is 6.54 Å². The van der Waals surface area contributed by atoms with Gasteiger partial charge in [-0.2, -0.15) is 0 Å². The maximum absolute atomic E-state index is 10.8. The molecule has 0 unspecified atom stereocenters. The highest BCUT2D eigenvalue weighted by Crippen LogP contribution is 2.14. The van der Waals surface area contributed by atoms with Crippen LogP contribution in [0.25, 0.3) is 0 Å². The first-order valence-electron chi connectivity index (χ1n) is 6.94. The third kappa shape index (κ3) is 4.56. The molecular formula is C15H21NO3. The number of carboxylic acids is 1. The molecule has 19 heavy (non-hydrogen) atoms. The van der Waals surface area contributed by atoms with Crippen LogP contribution in [-0.2, 0) is 0 Å². The van der Waals surface area contributed by atoms with Gasteiger partial charge >= 0.3 is 5.97 Å². The first kappa shape index (κ1) is 13.9. The van der Waals surface area contributed by atoms with E-state index in [9.17, 15) is 4.79 Å². The van der Waals surface area contributed by atoms with Crippen molar-refractivity contribution in [3.8, 4) is 5.75 Å². The lowest BCUT2D eigenvalue weighted by atomic mass is 10.2. The molecule has 0 amide bonds. The summed E-state index contributed by atoms with van der Waals surface area (Å²) in [7, 11) is 0. The Hall–Kier alpha value is -1.55. The van der Waals surface area contributed by atoms with E-state index in [-0.39, 0.29) is 5.56 Å². The lowest BCUT2D eigenvalue weighted by molar-refractivity contribution is 0.0696. The van der Waals surface area contributed by atoms with E-state index < -0.39 is 5.97 Å². The van der Waals surface area contributed by atoms with Crippen LogP contribution in [-0.4, -0.2) is 42.2 Å². The molecule has 1 aromatic rings. The zero-order valence-corrected chi connectivity index (χ0v) is 11.2. The van der Waals surface area contributed by atoms with Gasteiger partial charge in [0.2, 0.25) is 0 Å². The van der Waals surface area contributed by atoms with Crippen molar-refractivity contribution in [2.45, 2.75) is 25.7 Å². The second kappa shape index (κ2) is 7.14. The van der Waals surface area contributed by atoms with E-state index in [1.54, 1.807) is 24.3 Å². The molecule has 4 nitrogen and oxygen atoms in total. The Morgan fingerprint density at radius 3 is 2.63 bits per heavy atom. The number of aromatic carboxylic acids is 1. The molecule has 1 N–H and O–H groups in total. The van der Waals surface area contributed by atoms with Crippen LogP contribution in [0.2, 0.25) is 0 Å². The first-order valence-corrected chi connectivity index (χ1v) is 6.94. The fraction of sp³-hybridized carbons (Fsp3) is 0.533. The molecule has 104 valence electrons. The Labute approximate surface area is 114 Å². The number of rotatable bonds is 5. The third-order valence-corrected chi connectivity index (χ3v) is 3.46. The predicted molar refractivity (Wildman–Crippen MR) is 73.8 cm³/mol. The minimum Gasteiger partial charge on any atom is -0.492 e. The highest BCUT2D eigenvalue weighted by molar-refractivity contribution is 5.87. The maximum atomic E-state index is 10.8. The summed E-state index contributed by atoms with van der Waals surface area (Å²) in [4.78, 5) is 13.3. The Balaban J connectivity index is 1.78. The second-order valence-corrected chi connectivity index (χ2v) is 4.94. The van der Waals surface area contributed by atoms with Crippen molar-refractivity contribution in [2.75, 3.05) is 26.2 Å². The Morgan fingerprint density at radius 2 is 1.95 bits per heavy atom. The molecule has 0 radical (unpaired) electrons. The minimum absolute atomic E-state index is 0.271. The van der Waals surface area contributed by atoms with Gasteiger partial charge in [0.05, 0.1) is 5.56 Å². The van der Waals surface area contributed by atoms with E-state index in [0.29, 0.717) is 12.4 Å². The van der Waals surface area contributed by atoms with E-state index in [2.05, 4.69) is 4.90 Å². The molecule has 0 aromatic heterocycles. The Kier molecular flexibility index (Phi) is 5.21. The summed E-state index contributed by atoms with van der Waals surface area (Å²) < 4.78 is 5.64. The largest absolute Gasteiger partial charge is 0.492 e. The SMILES string of the molecule is O=C(O)c1cccc(OCCN2CCCCCC2)c1. The van der Waals surface area contributed by atoms with Gasteiger partial charge in [0.25, 0.3) is 0 Å². The van der Waals surface area contributed by atoms with Gasteiger partial charge in [-0.05, 0) is 44.1 Å². The topological polar surface area (TPSA) is 49.8 Å². The van der Waals surface area contributed by atoms with Crippen LogP contribution in [0.15, 0.2) is 24.3 Å². The molecule has 1 saturated heterocycles. The van der Waals surface area contributed by atoms with Crippen LogP contribution in [0.1, 0.15) is 36.0 Å². The molecule has 1 aromatic carbocycles. The van der Waals surface area contributed by atoms with Gasteiger partial charge in [-0.15, -0.1) is 0 Å². The van der Waals surface area contributed by atoms with Crippen molar-refractivity contribution in [2.24, 2.45) is 0 Å². The van der Waals surface area contributed by atoms with Gasteiger partial charge in [0.15, 0.2) is 0 Å². The van der Waals surface area contributed by atoms with Crippen LogP contribution in [0.3, 0.4) is 0 Å². The van der Waals surface area contributed by atoms with E-state index in [1.165, 1.54) is 25.7 Å². The fourth-order valence-corrected chi connectivity index (χ4v) is 2.37. The average molecular weight is 263 g/mol. The number of likely N-dealkylation sites (tertiary alicyclic amines) is 1. The van der Waals surface area contributed by atoms with Gasteiger partial charge in [-0.1, -0.05) is 18.9 Å². The van der Waals surface area contributed by atoms with Crippen LogP contribution < -0.4 is 4.74 Å². The molecule has 2 rings (SSSR count). The summed E-state index contributed by atoms with van der Waals surface area (Å²) in [5, 5.41) is 8.91. The summed E-state index contributed by atoms with van der Waals surface area (Å²) in [6, 6.07) is 6.66. The smallest absolute Gasteiger partial charge is 0.335 e. The standard InChI is InChI=1S/C15H21NO3/c17-15(18)13-6-5-7-14(12-13)19-11-10-16-8-3-1-2-4-9-16/h5-7,12H,1-4,8-11H2,(H,17,18). The number of carbonyl (C=O) groups is 1. The van der Waals surface area contributed by atoms with Gasteiger partial charge in [-0.3, -0.25) is 4.90 Å². The van der Waals surface area contributed by atoms with Crippen molar-refractivity contribution in [1.29, 1.82) is 0 Å². The highest BCUT2D eigenvalue weighted by Gasteiger charge is 2.09. The molecule has 1 heterocycles. The van der Waals surface area contributed by atoms with E-state index in [4.69, 9.17) is 9.84 Å². The second-order valence-electron chi connectivity index (χ2n) is 4.94. The van der Waals surface area contributed by atoms with Crippen molar-refractivity contribution >= 4 is 5.97 Å². The van der Waals surface area contributed by atoms with Crippen molar-refractivity contribution in [1.82, 2.24) is 4.90 Å². The Morgan fingerprint density at radius 1 is 1.21 bits per heavy atom. The third-order valence-electron chi connectivity index (χ3n) is 3.46. The van der Waals surface area contributed by atoms with Crippen molar-refractivity contribution in [3.05, 3.63) is 29.8 Å². The molecule has 1 aliphatic heterocycles. The molecule has 0 atom stereocenters. The molecule has 0 aliphatic carbocycles. The number of hydrogen-bond acceptors (Lipinski definition) is 3. The number of ether oxygens (including phenoxy) is 1. The lowest BCUT2D eigenvalue weighted by Crippen LogP contribution is -2.29. The number of hydrogen-bond donors (Lipinski definition) is 1. The van der Waals surface area contributed by atoms with Crippen molar-refractivity contribution in [3.63, 3.8) is 0 Å². The minimum atomic E-state index is -0.919. The summed E-state index contributed by atoms with van der Waals surface area (Å²) >= 11 is 0. The van der Waals surface area contributed by atoms with Crippen LogP contribution >= 0.6 is 0 Å². The van der Waals surface area contributed by atoms with Crippen LogP contribution in [0.5, 0.6) is 5.75 Å². The lowest BCUT2D eigenvalue weighted by Gasteiger charge is -2.19. The molecular weight excluding hydrogens is 242 g/mol. The normalized spacial score (nSPS) is 16.8. The quantitative estimate of drug-likeness (QED) is 0.887. The molecule has 4 heteroatoms. The summed E-state index contributed by atoms with van der Waals surface area (Å²) in [5.41, 5.74) is 0.271. The summed E-state index contributed by atoms with van der Waals surface area (Å²) in [6.07, 6.45) is 5.21. The molecule has 0 saturated carbocycles. The summed E-state index contributed by atoms with van der Waals surface area (Å²) in [5.74, 6) is -0.285. The average Bonchev–Trinajstić information content (AvgIpc) is 2.68. The van der Waals surface area contributed by atoms with Gasteiger partial charge in [-0.25, -0.2) is 4.79 Å². The molecule has 0 spiro atoms. The zero-order chi connectivity index (χ0) is 13.5. The number of nitrogens with zero attached hydrogens (tertiary/aromatic N) is 1. The fourth-order valence-electron chi connectivity index (χ4n) is 2.37. The molecule has 0 bridgehead atoms. The first-order chi connectivity index (χ1) is 9.25. The Bertz CT molecular complexity index is 412.